The Balaban J connectivity index is 1.63. The van der Waals surface area contributed by atoms with E-state index < -0.39 is 0 Å². The summed E-state index contributed by atoms with van der Waals surface area (Å²) in [6.45, 7) is 2.25. The molecular formula is C18H21N3O3. The van der Waals surface area contributed by atoms with Crippen molar-refractivity contribution in [3.63, 3.8) is 0 Å². The number of likely N-dealkylation sites (tertiary alicyclic amines) is 1. The van der Waals surface area contributed by atoms with E-state index >= 15 is 0 Å². The van der Waals surface area contributed by atoms with Gasteiger partial charge in [-0.1, -0.05) is 30.3 Å². The number of benzene rings is 1. The van der Waals surface area contributed by atoms with Crippen molar-refractivity contribution in [1.82, 2.24) is 15.2 Å². The predicted molar refractivity (Wildman–Crippen MR) is 90.6 cm³/mol. The molecule has 0 radical (unpaired) electrons. The van der Waals surface area contributed by atoms with Crippen LogP contribution in [-0.2, 0) is 6.54 Å². The van der Waals surface area contributed by atoms with E-state index in [9.17, 15) is 14.7 Å². The molecule has 1 aromatic heterocycles. The van der Waals surface area contributed by atoms with E-state index in [0.29, 0.717) is 12.1 Å². The molecule has 1 fully saturated rings. The molecule has 24 heavy (non-hydrogen) atoms. The van der Waals surface area contributed by atoms with Gasteiger partial charge in [-0.3, -0.25) is 14.5 Å². The van der Waals surface area contributed by atoms with E-state index in [1.54, 1.807) is 0 Å². The van der Waals surface area contributed by atoms with Crippen molar-refractivity contribution >= 4 is 5.91 Å². The highest BCUT2D eigenvalue weighted by Gasteiger charge is 2.33. The standard InChI is InChI=1S/C18H21N3O3/c22-12-15-10-21(9-13-4-2-1-3-5-13)11-16(15)20-18(24)14-6-7-17(23)19-8-14/h1-8,15-16,22H,9-12H2,(H,19,23)(H,20,24)/t15-,16+/m0/s1. The topological polar surface area (TPSA) is 85.4 Å². The van der Waals surface area contributed by atoms with E-state index in [2.05, 4.69) is 27.3 Å². The van der Waals surface area contributed by atoms with E-state index in [-0.39, 0.29) is 30.0 Å². The monoisotopic (exact) mass is 327 g/mol. The quantitative estimate of drug-likeness (QED) is 0.751. The maximum atomic E-state index is 12.3. The maximum Gasteiger partial charge on any atom is 0.253 e. The van der Waals surface area contributed by atoms with Crippen LogP contribution in [0.4, 0.5) is 0 Å². The number of aromatic amines is 1. The largest absolute Gasteiger partial charge is 0.396 e. The van der Waals surface area contributed by atoms with Crippen LogP contribution in [0.25, 0.3) is 0 Å². The van der Waals surface area contributed by atoms with Crippen molar-refractivity contribution in [2.45, 2.75) is 12.6 Å². The first-order valence-corrected chi connectivity index (χ1v) is 8.02. The molecule has 2 atom stereocenters. The highest BCUT2D eigenvalue weighted by molar-refractivity contribution is 5.94. The van der Waals surface area contributed by atoms with Crippen molar-refractivity contribution in [1.29, 1.82) is 0 Å². The van der Waals surface area contributed by atoms with Crippen LogP contribution in [0.5, 0.6) is 0 Å². The second-order valence-corrected chi connectivity index (χ2v) is 6.14. The third-order valence-electron chi connectivity index (χ3n) is 4.36. The Morgan fingerprint density at radius 2 is 2.00 bits per heavy atom. The molecule has 6 heteroatoms. The van der Waals surface area contributed by atoms with Crippen LogP contribution >= 0.6 is 0 Å². The number of nitrogens with zero attached hydrogens (tertiary/aromatic N) is 1. The van der Waals surface area contributed by atoms with E-state index in [4.69, 9.17) is 0 Å². The SMILES string of the molecule is O=C(N[C@@H]1CN(Cc2ccccc2)C[C@H]1CO)c1ccc(=O)[nH]c1. The average Bonchev–Trinajstić information content (AvgIpc) is 2.97. The molecule has 1 amide bonds. The number of hydrogen-bond donors (Lipinski definition) is 3. The third-order valence-corrected chi connectivity index (χ3v) is 4.36. The van der Waals surface area contributed by atoms with E-state index in [1.165, 1.54) is 23.9 Å². The van der Waals surface area contributed by atoms with Crippen molar-refractivity contribution in [2.24, 2.45) is 5.92 Å². The lowest BCUT2D eigenvalue weighted by molar-refractivity contribution is 0.0920. The van der Waals surface area contributed by atoms with Crippen LogP contribution in [0.15, 0.2) is 53.5 Å². The Labute approximate surface area is 140 Å². The van der Waals surface area contributed by atoms with Crippen LogP contribution in [0.1, 0.15) is 15.9 Å². The number of nitrogens with one attached hydrogen (secondary N) is 2. The summed E-state index contributed by atoms with van der Waals surface area (Å²) in [5.74, 6) is -0.239. The number of aliphatic hydroxyl groups excluding tert-OH is 1. The lowest BCUT2D eigenvalue weighted by Gasteiger charge is -2.18. The normalized spacial score (nSPS) is 20.9. The summed E-state index contributed by atoms with van der Waals surface area (Å²) in [4.78, 5) is 28.1. The Morgan fingerprint density at radius 3 is 2.67 bits per heavy atom. The number of amides is 1. The first-order valence-electron chi connectivity index (χ1n) is 8.02. The molecule has 2 aromatic rings. The fourth-order valence-electron chi connectivity index (χ4n) is 3.08. The molecule has 1 aromatic carbocycles. The second-order valence-electron chi connectivity index (χ2n) is 6.14. The van der Waals surface area contributed by atoms with Crippen molar-refractivity contribution < 1.29 is 9.90 Å². The molecule has 0 saturated carbocycles. The Kier molecular flexibility index (Phi) is 5.08. The first-order chi connectivity index (χ1) is 11.7. The minimum absolute atomic E-state index is 0.000392. The molecule has 1 aliphatic rings. The first kappa shape index (κ1) is 16.4. The van der Waals surface area contributed by atoms with Gasteiger partial charge >= 0.3 is 0 Å². The minimum Gasteiger partial charge on any atom is -0.396 e. The van der Waals surface area contributed by atoms with Gasteiger partial charge in [0.25, 0.3) is 5.91 Å². The zero-order valence-corrected chi connectivity index (χ0v) is 13.3. The van der Waals surface area contributed by atoms with E-state index in [0.717, 1.165) is 13.1 Å². The molecule has 6 nitrogen and oxygen atoms in total. The molecule has 3 N–H and O–H groups in total. The molecule has 0 unspecified atom stereocenters. The van der Waals surface area contributed by atoms with Gasteiger partial charge in [-0.2, -0.15) is 0 Å². The van der Waals surface area contributed by atoms with Crippen molar-refractivity contribution in [3.05, 3.63) is 70.1 Å². The van der Waals surface area contributed by atoms with Gasteiger partial charge in [-0.15, -0.1) is 0 Å². The fraction of sp³-hybridized carbons (Fsp3) is 0.333. The van der Waals surface area contributed by atoms with Gasteiger partial charge in [-0.25, -0.2) is 0 Å². The summed E-state index contributed by atoms with van der Waals surface area (Å²) in [5, 5.41) is 12.6. The van der Waals surface area contributed by atoms with Gasteiger partial charge in [-0.05, 0) is 11.6 Å². The number of aromatic nitrogens is 1. The zero-order valence-electron chi connectivity index (χ0n) is 13.3. The lowest BCUT2D eigenvalue weighted by atomic mass is 10.0. The smallest absolute Gasteiger partial charge is 0.253 e. The lowest BCUT2D eigenvalue weighted by Crippen LogP contribution is -2.41. The van der Waals surface area contributed by atoms with Gasteiger partial charge in [0, 0.05) is 50.5 Å². The molecule has 0 aliphatic carbocycles. The highest BCUT2D eigenvalue weighted by Crippen LogP contribution is 2.19. The zero-order chi connectivity index (χ0) is 16.9. The highest BCUT2D eigenvalue weighted by atomic mass is 16.3. The van der Waals surface area contributed by atoms with E-state index in [1.807, 2.05) is 18.2 Å². The van der Waals surface area contributed by atoms with Gasteiger partial charge < -0.3 is 15.4 Å². The van der Waals surface area contributed by atoms with Gasteiger partial charge in [0.15, 0.2) is 0 Å². The number of carbonyl (C=O) groups is 1. The number of aliphatic hydroxyl groups is 1. The number of H-pyrrole nitrogens is 1. The molecule has 1 saturated heterocycles. The Hall–Kier alpha value is -2.44. The number of carbonyl (C=O) groups excluding carboxylic acids is 1. The van der Waals surface area contributed by atoms with Crippen molar-refractivity contribution in [2.75, 3.05) is 19.7 Å². The van der Waals surface area contributed by atoms with Crippen molar-refractivity contribution in [3.8, 4) is 0 Å². The van der Waals surface area contributed by atoms with Crippen LogP contribution in [0.3, 0.4) is 0 Å². The molecule has 0 bridgehead atoms. The number of pyridine rings is 1. The fourth-order valence-corrected chi connectivity index (χ4v) is 3.08. The predicted octanol–water partition coefficient (Wildman–Crippen LogP) is 0.598. The summed E-state index contributed by atoms with van der Waals surface area (Å²) in [6, 6.07) is 12.8. The minimum atomic E-state index is -0.241. The molecule has 0 spiro atoms. The number of rotatable bonds is 5. The molecule has 126 valence electrons. The molecular weight excluding hydrogens is 306 g/mol. The third kappa shape index (κ3) is 3.90. The van der Waals surface area contributed by atoms with Crippen LogP contribution in [-0.4, -0.2) is 46.6 Å². The summed E-state index contributed by atoms with van der Waals surface area (Å²) in [6.07, 6.45) is 1.41. The number of hydrogen-bond acceptors (Lipinski definition) is 4. The summed E-state index contributed by atoms with van der Waals surface area (Å²) >= 11 is 0. The average molecular weight is 327 g/mol. The summed E-state index contributed by atoms with van der Waals surface area (Å²) in [5.41, 5.74) is 1.38. The van der Waals surface area contributed by atoms with Crippen LogP contribution in [0.2, 0.25) is 0 Å². The molecule has 1 aliphatic heterocycles. The maximum absolute atomic E-state index is 12.3. The molecule has 2 heterocycles. The second kappa shape index (κ2) is 7.42. The van der Waals surface area contributed by atoms with Crippen LogP contribution in [0, 0.1) is 5.92 Å². The Bertz CT molecular complexity index is 724. The molecule has 3 rings (SSSR count). The summed E-state index contributed by atoms with van der Waals surface area (Å²) in [7, 11) is 0. The van der Waals surface area contributed by atoms with Crippen LogP contribution < -0.4 is 10.9 Å². The summed E-state index contributed by atoms with van der Waals surface area (Å²) < 4.78 is 0. The van der Waals surface area contributed by atoms with Gasteiger partial charge in [0.2, 0.25) is 5.56 Å². The van der Waals surface area contributed by atoms with Gasteiger partial charge in [0.05, 0.1) is 5.56 Å². The Morgan fingerprint density at radius 1 is 1.21 bits per heavy atom. The van der Waals surface area contributed by atoms with Gasteiger partial charge in [0.1, 0.15) is 0 Å².